The fourth-order valence-corrected chi connectivity index (χ4v) is 1.54. The molecule has 19 heavy (non-hydrogen) atoms. The van der Waals surface area contributed by atoms with E-state index in [0.717, 1.165) is 0 Å². The van der Waals surface area contributed by atoms with Gasteiger partial charge in [0.25, 0.3) is 5.69 Å². The lowest BCUT2D eigenvalue weighted by Crippen LogP contribution is -1.99. The summed E-state index contributed by atoms with van der Waals surface area (Å²) in [6, 6.07) is 5.74. The number of nitro benzene ring substituents is 1. The smallest absolute Gasteiger partial charge is 0.269 e. The Morgan fingerprint density at radius 1 is 1.05 bits per heavy atom. The topological polar surface area (TPSA) is 125 Å². The van der Waals surface area contributed by atoms with E-state index in [-0.39, 0.29) is 27.7 Å². The highest BCUT2D eigenvalue weighted by Crippen LogP contribution is 2.19. The van der Waals surface area contributed by atoms with Crippen LogP contribution in [0.4, 0.5) is 17.3 Å². The molecule has 0 aliphatic carbocycles. The van der Waals surface area contributed by atoms with Crippen molar-refractivity contribution in [3.8, 4) is 0 Å². The lowest BCUT2D eigenvalue weighted by molar-refractivity contribution is -0.384. The van der Waals surface area contributed by atoms with Crippen molar-refractivity contribution >= 4 is 40.5 Å². The molecule has 1 aromatic heterocycles. The van der Waals surface area contributed by atoms with E-state index in [4.69, 9.17) is 23.2 Å². The predicted octanol–water partition coefficient (Wildman–Crippen LogP) is 2.01. The molecule has 0 aliphatic rings. The number of anilines is 2. The number of hydrogen-bond acceptors (Lipinski definition) is 6. The van der Waals surface area contributed by atoms with E-state index < -0.39 is 4.92 Å². The number of rotatable bonds is 3. The van der Waals surface area contributed by atoms with E-state index in [2.05, 4.69) is 20.3 Å². The van der Waals surface area contributed by atoms with Crippen molar-refractivity contribution in [2.75, 3.05) is 5.32 Å². The summed E-state index contributed by atoms with van der Waals surface area (Å²) in [6.45, 7) is 0. The van der Waals surface area contributed by atoms with Gasteiger partial charge in [-0.2, -0.15) is 15.0 Å². The van der Waals surface area contributed by atoms with E-state index in [1.165, 1.54) is 24.3 Å². The van der Waals surface area contributed by atoms with Gasteiger partial charge >= 0.3 is 0 Å². The van der Waals surface area contributed by atoms with Crippen LogP contribution in [0.2, 0.25) is 10.6 Å². The quantitative estimate of drug-likeness (QED) is 0.682. The van der Waals surface area contributed by atoms with Crippen molar-refractivity contribution in [2.24, 2.45) is 0 Å². The second-order valence-corrected chi connectivity index (χ2v) is 3.80. The Morgan fingerprint density at radius 2 is 1.58 bits per heavy atom. The number of hydrogen-bond donors (Lipinski definition) is 1. The third-order valence-electron chi connectivity index (χ3n) is 1.92. The van der Waals surface area contributed by atoms with Crippen molar-refractivity contribution < 1.29 is 10.4 Å². The summed E-state index contributed by atoms with van der Waals surface area (Å²) < 4.78 is 0. The van der Waals surface area contributed by atoms with Crippen LogP contribution in [0.1, 0.15) is 0 Å². The van der Waals surface area contributed by atoms with E-state index in [1.54, 1.807) is 0 Å². The molecule has 2 aromatic rings. The molecular weight excluding hydrogens is 297 g/mol. The van der Waals surface area contributed by atoms with Gasteiger partial charge in [0.15, 0.2) is 0 Å². The highest BCUT2D eigenvalue weighted by molar-refractivity contribution is 6.31. The molecule has 0 radical (unpaired) electrons. The van der Waals surface area contributed by atoms with Crippen molar-refractivity contribution in [3.63, 3.8) is 0 Å². The summed E-state index contributed by atoms with van der Waals surface area (Å²) in [5.41, 5.74) is 0.561. The second-order valence-electron chi connectivity index (χ2n) is 3.13. The lowest BCUT2D eigenvalue weighted by atomic mass is 10.3. The fraction of sp³-hybridized carbons (Fsp3) is 0. The molecule has 0 saturated heterocycles. The average Bonchev–Trinajstić information content (AvgIpc) is 2.28. The van der Waals surface area contributed by atoms with Crippen LogP contribution in [0.5, 0.6) is 0 Å². The molecule has 3 N–H and O–H groups in total. The largest absolute Gasteiger partial charge is 0.412 e. The van der Waals surface area contributed by atoms with Crippen LogP contribution in [0.3, 0.4) is 0 Å². The maximum Gasteiger partial charge on any atom is 0.269 e. The van der Waals surface area contributed by atoms with Crippen LogP contribution in [0.25, 0.3) is 0 Å². The van der Waals surface area contributed by atoms with Crippen LogP contribution in [-0.4, -0.2) is 25.4 Å². The van der Waals surface area contributed by atoms with Crippen molar-refractivity contribution in [2.45, 2.75) is 0 Å². The summed E-state index contributed by atoms with van der Waals surface area (Å²) >= 11 is 11.2. The highest BCUT2D eigenvalue weighted by atomic mass is 35.5. The average molecular weight is 304 g/mol. The highest BCUT2D eigenvalue weighted by Gasteiger charge is 2.06. The van der Waals surface area contributed by atoms with Gasteiger partial charge in [0.1, 0.15) is 0 Å². The fourth-order valence-electron chi connectivity index (χ4n) is 1.18. The Kier molecular flexibility index (Phi) is 4.93. The zero-order valence-electron chi connectivity index (χ0n) is 9.17. The Morgan fingerprint density at radius 3 is 2.05 bits per heavy atom. The van der Waals surface area contributed by atoms with E-state index in [1.807, 2.05) is 0 Å². The maximum absolute atomic E-state index is 10.5. The summed E-state index contributed by atoms with van der Waals surface area (Å²) in [7, 11) is 0. The normalized spacial score (nSPS) is 9.58. The number of non-ortho nitro benzene ring substituents is 1. The van der Waals surface area contributed by atoms with E-state index in [9.17, 15) is 10.1 Å². The molecule has 10 heteroatoms. The minimum atomic E-state index is -0.486. The minimum Gasteiger partial charge on any atom is -0.412 e. The summed E-state index contributed by atoms with van der Waals surface area (Å²) in [6.07, 6.45) is 0. The first kappa shape index (κ1) is 15.0. The molecule has 2 rings (SSSR count). The molecule has 1 heterocycles. The Labute approximate surface area is 116 Å². The zero-order chi connectivity index (χ0) is 13.1. The molecule has 0 aliphatic heterocycles. The molecule has 100 valence electrons. The first-order valence-electron chi connectivity index (χ1n) is 4.63. The monoisotopic (exact) mass is 303 g/mol. The number of aromatic nitrogens is 3. The number of nitro groups is 1. The predicted molar refractivity (Wildman–Crippen MR) is 69.8 cm³/mol. The van der Waals surface area contributed by atoms with Gasteiger partial charge in [0.05, 0.1) is 4.92 Å². The number of benzene rings is 1. The summed E-state index contributed by atoms with van der Waals surface area (Å²) in [5, 5.41) is 13.2. The van der Waals surface area contributed by atoms with Gasteiger partial charge < -0.3 is 10.8 Å². The first-order valence-corrected chi connectivity index (χ1v) is 5.39. The van der Waals surface area contributed by atoms with Gasteiger partial charge in [-0.25, -0.2) is 0 Å². The molecule has 0 unspecified atom stereocenters. The zero-order valence-corrected chi connectivity index (χ0v) is 10.7. The van der Waals surface area contributed by atoms with Gasteiger partial charge in [-0.15, -0.1) is 0 Å². The molecule has 0 spiro atoms. The summed E-state index contributed by atoms with van der Waals surface area (Å²) in [5.74, 6) is 0.161. The molecule has 0 bridgehead atoms. The van der Waals surface area contributed by atoms with Crippen LogP contribution < -0.4 is 5.32 Å². The van der Waals surface area contributed by atoms with Crippen molar-refractivity contribution in [1.29, 1.82) is 0 Å². The first-order chi connectivity index (χ1) is 8.54. The Bertz CT molecular complexity index is 573. The number of nitrogens with zero attached hydrogens (tertiary/aromatic N) is 4. The molecule has 8 nitrogen and oxygen atoms in total. The molecular formula is C9H7Cl2N5O3. The van der Waals surface area contributed by atoms with Gasteiger partial charge in [0.2, 0.25) is 16.5 Å². The lowest BCUT2D eigenvalue weighted by Gasteiger charge is -2.04. The Hall–Kier alpha value is -2.03. The molecule has 0 saturated carbocycles. The number of nitrogens with one attached hydrogen (secondary N) is 1. The molecule has 0 amide bonds. The SMILES string of the molecule is O.O=[N+]([O-])c1ccc(Nc2nc(Cl)nc(Cl)n2)cc1. The van der Waals surface area contributed by atoms with E-state index >= 15 is 0 Å². The van der Waals surface area contributed by atoms with Gasteiger partial charge in [-0.3, -0.25) is 10.1 Å². The van der Waals surface area contributed by atoms with Crippen LogP contribution in [0, 0.1) is 10.1 Å². The van der Waals surface area contributed by atoms with E-state index in [0.29, 0.717) is 5.69 Å². The van der Waals surface area contributed by atoms with Crippen molar-refractivity contribution in [1.82, 2.24) is 15.0 Å². The third-order valence-corrected chi connectivity index (χ3v) is 2.25. The standard InChI is InChI=1S/C9H5Cl2N5O2.H2O/c10-7-13-8(11)15-9(14-7)12-5-1-3-6(4-2-5)16(17)18;/h1-4H,(H,12,13,14,15);1H2. The van der Waals surface area contributed by atoms with Crippen LogP contribution >= 0.6 is 23.2 Å². The second kappa shape index (κ2) is 6.23. The molecule has 0 fully saturated rings. The van der Waals surface area contributed by atoms with Crippen molar-refractivity contribution in [3.05, 3.63) is 44.9 Å². The number of halogens is 2. The van der Waals surface area contributed by atoms with Gasteiger partial charge in [0, 0.05) is 17.8 Å². The molecule has 0 atom stereocenters. The van der Waals surface area contributed by atoms with Crippen LogP contribution in [-0.2, 0) is 0 Å². The Balaban J connectivity index is 0.00000180. The van der Waals surface area contributed by atoms with Gasteiger partial charge in [-0.05, 0) is 35.3 Å². The molecule has 1 aromatic carbocycles. The summed E-state index contributed by atoms with van der Waals surface area (Å²) in [4.78, 5) is 21.2. The maximum atomic E-state index is 10.5. The third kappa shape index (κ3) is 3.98. The minimum absolute atomic E-state index is 0. The van der Waals surface area contributed by atoms with Gasteiger partial charge in [-0.1, -0.05) is 0 Å². The van der Waals surface area contributed by atoms with Crippen LogP contribution in [0.15, 0.2) is 24.3 Å².